The fourth-order valence-electron chi connectivity index (χ4n) is 2.47. The first kappa shape index (κ1) is 15.0. The maximum Gasteiger partial charge on any atom is 0.224 e. The summed E-state index contributed by atoms with van der Waals surface area (Å²) in [5.41, 5.74) is 1.06. The monoisotopic (exact) mass is 387 g/mol. The number of benzene rings is 1. The van der Waals surface area contributed by atoms with Gasteiger partial charge in [0.1, 0.15) is 0 Å². The molecule has 2 nitrogen and oxygen atoms in total. The summed E-state index contributed by atoms with van der Waals surface area (Å²) in [7, 11) is 0. The van der Waals surface area contributed by atoms with Crippen molar-refractivity contribution in [3.63, 3.8) is 0 Å². The molecule has 1 aliphatic rings. The highest BCUT2D eigenvalue weighted by atomic mass is 79.9. The molecular formula is C15H19Br2NO. The third-order valence-electron chi connectivity index (χ3n) is 3.56. The van der Waals surface area contributed by atoms with Gasteiger partial charge in [0.05, 0.1) is 6.42 Å². The number of nitrogens with one attached hydrogen (secondary N) is 1. The summed E-state index contributed by atoms with van der Waals surface area (Å²) in [5.74, 6) is 0.124. The summed E-state index contributed by atoms with van der Waals surface area (Å²) in [6.45, 7) is 0. The molecule has 0 aromatic heterocycles. The molecule has 0 bridgehead atoms. The van der Waals surface area contributed by atoms with Crippen LogP contribution in [0.1, 0.15) is 37.7 Å². The van der Waals surface area contributed by atoms with Gasteiger partial charge in [0.25, 0.3) is 0 Å². The van der Waals surface area contributed by atoms with E-state index in [0.29, 0.717) is 11.2 Å². The van der Waals surface area contributed by atoms with Crippen LogP contribution in [0.25, 0.3) is 0 Å². The lowest BCUT2D eigenvalue weighted by Gasteiger charge is -2.21. The molecule has 1 amide bonds. The Hall–Kier alpha value is -0.350. The van der Waals surface area contributed by atoms with Crippen LogP contribution in [0, 0.1) is 0 Å². The Morgan fingerprint density at radius 3 is 2.58 bits per heavy atom. The summed E-state index contributed by atoms with van der Waals surface area (Å²) in [6, 6.07) is 8.21. The van der Waals surface area contributed by atoms with Gasteiger partial charge in [-0.05, 0) is 30.5 Å². The van der Waals surface area contributed by atoms with Crippen LogP contribution in [0.3, 0.4) is 0 Å². The summed E-state index contributed by atoms with van der Waals surface area (Å²) in [6.07, 6.45) is 6.45. The molecule has 1 fully saturated rings. The molecule has 104 valence electrons. The second-order valence-corrected chi connectivity index (χ2v) is 7.22. The largest absolute Gasteiger partial charge is 0.352 e. The zero-order valence-corrected chi connectivity index (χ0v) is 14.0. The SMILES string of the molecule is O=C(Cc1ccc(Br)cc1)NC1CCCCCC1Br. The molecular weight excluding hydrogens is 370 g/mol. The van der Waals surface area contributed by atoms with E-state index in [1.165, 1.54) is 19.3 Å². The number of alkyl halides is 1. The van der Waals surface area contributed by atoms with Crippen molar-refractivity contribution in [2.45, 2.75) is 49.4 Å². The van der Waals surface area contributed by atoms with E-state index < -0.39 is 0 Å². The van der Waals surface area contributed by atoms with Crippen molar-refractivity contribution in [1.82, 2.24) is 5.32 Å². The lowest BCUT2D eigenvalue weighted by molar-refractivity contribution is -0.121. The fourth-order valence-corrected chi connectivity index (χ4v) is 3.46. The molecule has 19 heavy (non-hydrogen) atoms. The topological polar surface area (TPSA) is 29.1 Å². The van der Waals surface area contributed by atoms with Gasteiger partial charge in [-0.15, -0.1) is 0 Å². The Bertz CT molecular complexity index is 419. The minimum atomic E-state index is 0.124. The number of carbonyl (C=O) groups excluding carboxylic acids is 1. The summed E-state index contributed by atoms with van der Waals surface area (Å²) in [4.78, 5) is 12.5. The van der Waals surface area contributed by atoms with Gasteiger partial charge in [0.15, 0.2) is 0 Å². The molecule has 1 aromatic rings. The number of halogens is 2. The molecule has 0 aliphatic heterocycles. The predicted molar refractivity (Wildman–Crippen MR) is 85.6 cm³/mol. The molecule has 1 N–H and O–H groups in total. The maximum atomic E-state index is 12.1. The van der Waals surface area contributed by atoms with E-state index in [9.17, 15) is 4.79 Å². The Morgan fingerprint density at radius 1 is 1.16 bits per heavy atom. The van der Waals surface area contributed by atoms with Gasteiger partial charge in [0, 0.05) is 15.3 Å². The van der Waals surface area contributed by atoms with Crippen LogP contribution in [0.2, 0.25) is 0 Å². The van der Waals surface area contributed by atoms with E-state index >= 15 is 0 Å². The lowest BCUT2D eigenvalue weighted by Crippen LogP contribution is -2.41. The summed E-state index contributed by atoms with van der Waals surface area (Å²) < 4.78 is 1.04. The average Bonchev–Trinajstić information content (AvgIpc) is 2.58. The second kappa shape index (κ2) is 7.44. The first-order valence-corrected chi connectivity index (χ1v) is 8.54. The van der Waals surface area contributed by atoms with Crippen molar-refractivity contribution in [1.29, 1.82) is 0 Å². The van der Waals surface area contributed by atoms with E-state index in [1.807, 2.05) is 24.3 Å². The van der Waals surface area contributed by atoms with Gasteiger partial charge in [-0.1, -0.05) is 63.3 Å². The Labute approximate surface area is 131 Å². The Morgan fingerprint density at radius 2 is 1.84 bits per heavy atom. The molecule has 0 heterocycles. The van der Waals surface area contributed by atoms with Crippen LogP contribution in [0.5, 0.6) is 0 Å². The number of amides is 1. The number of rotatable bonds is 3. The van der Waals surface area contributed by atoms with Crippen molar-refractivity contribution >= 4 is 37.8 Å². The standard InChI is InChI=1S/C15H19Br2NO/c16-12-8-6-11(7-9-12)10-15(19)18-14-5-3-1-2-4-13(14)17/h6-9,13-14H,1-5,10H2,(H,18,19). The van der Waals surface area contributed by atoms with Gasteiger partial charge in [-0.3, -0.25) is 4.79 Å². The second-order valence-electron chi connectivity index (χ2n) is 5.13. The zero-order chi connectivity index (χ0) is 13.7. The Balaban J connectivity index is 1.87. The van der Waals surface area contributed by atoms with E-state index in [0.717, 1.165) is 22.9 Å². The highest BCUT2D eigenvalue weighted by molar-refractivity contribution is 9.10. The van der Waals surface area contributed by atoms with Crippen LogP contribution in [0.4, 0.5) is 0 Å². The molecule has 1 saturated carbocycles. The van der Waals surface area contributed by atoms with E-state index in [2.05, 4.69) is 37.2 Å². The minimum absolute atomic E-state index is 0.124. The molecule has 1 aliphatic carbocycles. The highest BCUT2D eigenvalue weighted by Crippen LogP contribution is 2.23. The smallest absolute Gasteiger partial charge is 0.224 e. The van der Waals surface area contributed by atoms with Gasteiger partial charge in [0.2, 0.25) is 5.91 Å². The van der Waals surface area contributed by atoms with E-state index in [1.54, 1.807) is 0 Å². The van der Waals surface area contributed by atoms with E-state index in [-0.39, 0.29) is 11.9 Å². The van der Waals surface area contributed by atoms with Crippen LogP contribution in [-0.4, -0.2) is 16.8 Å². The molecule has 0 saturated heterocycles. The number of hydrogen-bond acceptors (Lipinski definition) is 1. The zero-order valence-electron chi connectivity index (χ0n) is 10.9. The normalized spacial score (nSPS) is 23.7. The maximum absolute atomic E-state index is 12.1. The van der Waals surface area contributed by atoms with Gasteiger partial charge < -0.3 is 5.32 Å². The Kier molecular flexibility index (Phi) is 5.89. The van der Waals surface area contributed by atoms with Crippen molar-refractivity contribution in [3.05, 3.63) is 34.3 Å². The first-order valence-electron chi connectivity index (χ1n) is 6.83. The molecule has 1 aromatic carbocycles. The quantitative estimate of drug-likeness (QED) is 0.610. The third kappa shape index (κ3) is 4.92. The van der Waals surface area contributed by atoms with Crippen molar-refractivity contribution in [2.24, 2.45) is 0 Å². The van der Waals surface area contributed by atoms with Crippen LogP contribution in [0.15, 0.2) is 28.7 Å². The first-order chi connectivity index (χ1) is 9.15. The molecule has 2 rings (SSSR count). The minimum Gasteiger partial charge on any atom is -0.352 e. The number of hydrogen-bond donors (Lipinski definition) is 1. The van der Waals surface area contributed by atoms with Crippen LogP contribution < -0.4 is 5.32 Å². The molecule has 2 atom stereocenters. The average molecular weight is 389 g/mol. The van der Waals surface area contributed by atoms with Crippen LogP contribution >= 0.6 is 31.9 Å². The predicted octanol–water partition coefficient (Wildman–Crippen LogP) is 4.20. The van der Waals surface area contributed by atoms with Crippen LogP contribution in [-0.2, 0) is 11.2 Å². The fraction of sp³-hybridized carbons (Fsp3) is 0.533. The van der Waals surface area contributed by atoms with E-state index in [4.69, 9.17) is 0 Å². The van der Waals surface area contributed by atoms with Gasteiger partial charge in [-0.25, -0.2) is 0 Å². The highest BCUT2D eigenvalue weighted by Gasteiger charge is 2.22. The number of carbonyl (C=O) groups is 1. The van der Waals surface area contributed by atoms with Crippen molar-refractivity contribution in [3.8, 4) is 0 Å². The van der Waals surface area contributed by atoms with Gasteiger partial charge in [-0.2, -0.15) is 0 Å². The lowest BCUT2D eigenvalue weighted by atomic mass is 10.1. The summed E-state index contributed by atoms with van der Waals surface area (Å²) >= 11 is 7.11. The molecule has 4 heteroatoms. The molecule has 0 spiro atoms. The summed E-state index contributed by atoms with van der Waals surface area (Å²) in [5, 5.41) is 3.17. The third-order valence-corrected chi connectivity index (χ3v) is 5.18. The van der Waals surface area contributed by atoms with Crippen molar-refractivity contribution < 1.29 is 4.79 Å². The van der Waals surface area contributed by atoms with Gasteiger partial charge >= 0.3 is 0 Å². The van der Waals surface area contributed by atoms with Crippen molar-refractivity contribution in [2.75, 3.05) is 0 Å². The molecule has 2 unspecified atom stereocenters. The molecule has 0 radical (unpaired) electrons.